The van der Waals surface area contributed by atoms with Crippen molar-refractivity contribution in [2.24, 2.45) is 5.16 Å². The van der Waals surface area contributed by atoms with Gasteiger partial charge in [-0.15, -0.1) is 5.16 Å². The first-order valence-corrected chi connectivity index (χ1v) is 8.40. The first kappa shape index (κ1) is 22.9. The molecule has 0 aliphatic heterocycles. The van der Waals surface area contributed by atoms with E-state index >= 15 is 0 Å². The fraction of sp³-hybridized carbons (Fsp3) is 0.500. The van der Waals surface area contributed by atoms with Gasteiger partial charge in [-0.2, -0.15) is 4.90 Å². The number of aromatic nitrogens is 1. The number of carbonyl (C=O) groups excluding carboxylic acids is 2. The van der Waals surface area contributed by atoms with E-state index in [4.69, 9.17) is 14.7 Å². The number of imide groups is 1. The zero-order valence-corrected chi connectivity index (χ0v) is 16.7. The fourth-order valence-electron chi connectivity index (χ4n) is 1.94. The summed E-state index contributed by atoms with van der Waals surface area (Å²) in [7, 11) is 0. The van der Waals surface area contributed by atoms with Crippen molar-refractivity contribution in [1.29, 1.82) is 0 Å². The van der Waals surface area contributed by atoms with Gasteiger partial charge in [0, 0.05) is 18.3 Å². The molecule has 1 heterocycles. The van der Waals surface area contributed by atoms with Crippen LogP contribution in [0.5, 0.6) is 0 Å². The summed E-state index contributed by atoms with van der Waals surface area (Å²) >= 11 is 0. The second-order valence-corrected chi connectivity index (χ2v) is 7.78. The molecule has 10 heteroatoms. The average Bonchev–Trinajstić information content (AvgIpc) is 2.49. The van der Waals surface area contributed by atoms with E-state index in [0.717, 1.165) is 6.21 Å². The van der Waals surface area contributed by atoms with Gasteiger partial charge in [0.2, 0.25) is 0 Å². The molecule has 0 atom stereocenters. The molecule has 0 spiro atoms. The summed E-state index contributed by atoms with van der Waals surface area (Å²) in [6.07, 6.45) is -1.10. The number of aromatic carboxylic acids is 1. The molecule has 0 aliphatic rings. The number of ether oxygens (including phenoxy) is 2. The fourth-order valence-corrected chi connectivity index (χ4v) is 1.94. The van der Waals surface area contributed by atoms with E-state index in [1.165, 1.54) is 12.1 Å². The molecule has 0 unspecified atom stereocenters. The van der Waals surface area contributed by atoms with Gasteiger partial charge in [0.05, 0.1) is 0 Å². The predicted octanol–water partition coefficient (Wildman–Crippen LogP) is 3.46. The van der Waals surface area contributed by atoms with Crippen LogP contribution in [0.15, 0.2) is 17.3 Å². The minimum absolute atomic E-state index is 0.0415. The van der Waals surface area contributed by atoms with Crippen molar-refractivity contribution in [3.63, 3.8) is 0 Å². The Hall–Kier alpha value is -3.17. The van der Waals surface area contributed by atoms with Gasteiger partial charge >= 0.3 is 18.2 Å². The quantitative estimate of drug-likeness (QED) is 0.449. The molecule has 2 N–H and O–H groups in total. The summed E-state index contributed by atoms with van der Waals surface area (Å²) in [5.74, 6) is -1.86. The van der Waals surface area contributed by atoms with Crippen molar-refractivity contribution in [3.8, 4) is 0 Å². The van der Waals surface area contributed by atoms with Gasteiger partial charge in [0.25, 0.3) is 0 Å². The highest BCUT2D eigenvalue weighted by molar-refractivity contribution is 6.12. The molecule has 0 fully saturated rings. The molecular weight excluding hydrogens is 370 g/mol. The molecule has 10 nitrogen and oxygen atoms in total. The molecular formula is C18H25N3O7. The number of anilines is 1. The Labute approximate surface area is 162 Å². The highest BCUT2D eigenvalue weighted by Gasteiger charge is 2.36. The van der Waals surface area contributed by atoms with Gasteiger partial charge < -0.3 is 19.8 Å². The molecule has 1 aromatic heterocycles. The second-order valence-electron chi connectivity index (χ2n) is 7.78. The van der Waals surface area contributed by atoms with Crippen LogP contribution >= 0.6 is 0 Å². The van der Waals surface area contributed by atoms with Crippen LogP contribution in [0.2, 0.25) is 0 Å². The van der Waals surface area contributed by atoms with Crippen LogP contribution < -0.4 is 4.90 Å². The van der Waals surface area contributed by atoms with Crippen LogP contribution in [-0.4, -0.2) is 50.9 Å². The number of nitrogens with zero attached hydrogens (tertiary/aromatic N) is 3. The molecule has 0 aliphatic carbocycles. The molecule has 1 rings (SSSR count). The van der Waals surface area contributed by atoms with E-state index in [1.807, 2.05) is 0 Å². The highest BCUT2D eigenvalue weighted by Crippen LogP contribution is 2.24. The lowest BCUT2D eigenvalue weighted by molar-refractivity contribution is 0.0429. The van der Waals surface area contributed by atoms with Crippen LogP contribution in [0, 0.1) is 0 Å². The Kier molecular flexibility index (Phi) is 7.09. The Morgan fingerprint density at radius 1 is 1.07 bits per heavy atom. The van der Waals surface area contributed by atoms with Gasteiger partial charge in [0.1, 0.15) is 16.8 Å². The van der Waals surface area contributed by atoms with E-state index in [-0.39, 0.29) is 12.1 Å². The van der Waals surface area contributed by atoms with Crippen molar-refractivity contribution in [3.05, 3.63) is 23.4 Å². The third kappa shape index (κ3) is 6.86. The summed E-state index contributed by atoms with van der Waals surface area (Å²) in [6.45, 7) is 9.57. The molecule has 0 saturated carbocycles. The van der Waals surface area contributed by atoms with E-state index in [9.17, 15) is 19.5 Å². The number of carboxylic acids is 1. The van der Waals surface area contributed by atoms with Crippen LogP contribution in [0.3, 0.4) is 0 Å². The van der Waals surface area contributed by atoms with Crippen molar-refractivity contribution < 1.29 is 34.2 Å². The lowest BCUT2D eigenvalue weighted by Crippen LogP contribution is -2.45. The average molecular weight is 395 g/mol. The zero-order chi connectivity index (χ0) is 21.7. The minimum Gasteiger partial charge on any atom is -0.478 e. The first-order chi connectivity index (χ1) is 12.7. The lowest BCUT2D eigenvalue weighted by Gasteiger charge is -2.28. The normalized spacial score (nSPS) is 11.9. The number of pyridine rings is 1. The predicted molar refractivity (Wildman–Crippen MR) is 100 cm³/mol. The monoisotopic (exact) mass is 395 g/mol. The maximum absolute atomic E-state index is 12.7. The standard InChI is InChI=1S/C18H25N3O7/c1-17(2,3)27-15(24)21(16(25)28-18(4,5)6)13-12(14(22)23)8-7-11(20-13)9-10-19-26/h7-8,10,26H,9H2,1-6H3,(H,22,23). The minimum atomic E-state index is -1.40. The van der Waals surface area contributed by atoms with E-state index in [0.29, 0.717) is 4.90 Å². The van der Waals surface area contributed by atoms with Gasteiger partial charge in [0.15, 0.2) is 5.82 Å². The number of carboxylic acid groups (broad SMARTS) is 1. The molecule has 0 bridgehead atoms. The van der Waals surface area contributed by atoms with Crippen LogP contribution in [-0.2, 0) is 15.9 Å². The van der Waals surface area contributed by atoms with Gasteiger partial charge in [-0.25, -0.2) is 19.4 Å². The molecule has 0 saturated heterocycles. The summed E-state index contributed by atoms with van der Waals surface area (Å²) in [6, 6.07) is 2.56. The smallest absolute Gasteiger partial charge is 0.425 e. The van der Waals surface area contributed by atoms with Crippen LogP contribution in [0.25, 0.3) is 0 Å². The molecule has 28 heavy (non-hydrogen) atoms. The molecule has 0 aromatic carbocycles. The van der Waals surface area contributed by atoms with Gasteiger partial charge in [-0.3, -0.25) is 0 Å². The molecule has 154 valence electrons. The number of oxime groups is 1. The van der Waals surface area contributed by atoms with E-state index in [2.05, 4.69) is 10.1 Å². The summed E-state index contributed by atoms with van der Waals surface area (Å²) in [4.78, 5) is 41.5. The summed E-state index contributed by atoms with van der Waals surface area (Å²) < 4.78 is 10.5. The summed E-state index contributed by atoms with van der Waals surface area (Å²) in [5.41, 5.74) is -2.06. The van der Waals surface area contributed by atoms with Crippen molar-refractivity contribution in [2.75, 3.05) is 4.90 Å². The Bertz CT molecular complexity index is 748. The maximum Gasteiger partial charge on any atom is 0.425 e. The maximum atomic E-state index is 12.7. The van der Waals surface area contributed by atoms with Gasteiger partial charge in [-0.05, 0) is 53.7 Å². The number of hydrogen-bond donors (Lipinski definition) is 2. The van der Waals surface area contributed by atoms with Crippen LogP contribution in [0.1, 0.15) is 57.6 Å². The third-order valence-electron chi connectivity index (χ3n) is 2.91. The Morgan fingerprint density at radius 3 is 1.96 bits per heavy atom. The number of hydrogen-bond acceptors (Lipinski definition) is 8. The largest absolute Gasteiger partial charge is 0.478 e. The Morgan fingerprint density at radius 2 is 1.57 bits per heavy atom. The summed E-state index contributed by atoms with van der Waals surface area (Å²) in [5, 5.41) is 20.9. The number of rotatable bonds is 4. The number of carbonyl (C=O) groups is 3. The van der Waals surface area contributed by atoms with Crippen molar-refractivity contribution >= 4 is 30.2 Å². The molecule has 1 aromatic rings. The van der Waals surface area contributed by atoms with E-state index in [1.54, 1.807) is 41.5 Å². The van der Waals surface area contributed by atoms with Crippen molar-refractivity contribution in [2.45, 2.75) is 59.2 Å². The van der Waals surface area contributed by atoms with Gasteiger partial charge in [-0.1, -0.05) is 0 Å². The Balaban J connectivity index is 3.55. The van der Waals surface area contributed by atoms with E-state index < -0.39 is 40.7 Å². The van der Waals surface area contributed by atoms with Crippen LogP contribution in [0.4, 0.5) is 15.4 Å². The number of amides is 2. The third-order valence-corrected chi connectivity index (χ3v) is 2.91. The first-order valence-electron chi connectivity index (χ1n) is 8.40. The topological polar surface area (TPSA) is 139 Å². The highest BCUT2D eigenvalue weighted by atomic mass is 16.6. The zero-order valence-electron chi connectivity index (χ0n) is 16.7. The second kappa shape index (κ2) is 8.68. The molecule has 0 radical (unpaired) electrons. The molecule has 2 amide bonds. The van der Waals surface area contributed by atoms with Crippen molar-refractivity contribution in [1.82, 2.24) is 4.98 Å². The lowest BCUT2D eigenvalue weighted by atomic mass is 10.2. The SMILES string of the molecule is CC(C)(C)OC(=O)N(C(=O)OC(C)(C)C)c1nc(CC=NO)ccc1C(=O)O.